The van der Waals surface area contributed by atoms with Crippen LogP contribution >= 0.6 is 0 Å². The van der Waals surface area contributed by atoms with Gasteiger partial charge in [0, 0.05) is 6.42 Å². The lowest BCUT2D eigenvalue weighted by Gasteiger charge is -2.02. The van der Waals surface area contributed by atoms with Gasteiger partial charge in [0.15, 0.2) is 0 Å². The summed E-state index contributed by atoms with van der Waals surface area (Å²) in [4.78, 5) is 0. The van der Waals surface area contributed by atoms with Crippen LogP contribution in [0.25, 0.3) is 0 Å². The van der Waals surface area contributed by atoms with Crippen molar-refractivity contribution in [3.05, 3.63) is 35.6 Å². The monoisotopic (exact) mass is 224 g/mol. The standard InChI is InChI=1S/C11H16O.2C2H6/c1-4-6-10-8-9(3)12-11(10)7-5-2;2*1-2/h4-7,9H,8H2,1-3H3;2*1-2H3/b6-4-,7-5-;;. The van der Waals surface area contributed by atoms with Gasteiger partial charge >= 0.3 is 0 Å². The third-order valence-corrected chi connectivity index (χ3v) is 1.84. The summed E-state index contributed by atoms with van der Waals surface area (Å²) in [5.74, 6) is 1.03. The van der Waals surface area contributed by atoms with Crippen LogP contribution in [-0.2, 0) is 4.74 Å². The van der Waals surface area contributed by atoms with Gasteiger partial charge in [-0.1, -0.05) is 45.9 Å². The van der Waals surface area contributed by atoms with Crippen LogP contribution in [0.3, 0.4) is 0 Å². The Kier molecular flexibility index (Phi) is 13.2. The first-order valence-corrected chi connectivity index (χ1v) is 6.43. The molecule has 0 fully saturated rings. The van der Waals surface area contributed by atoms with E-state index in [4.69, 9.17) is 4.74 Å². The van der Waals surface area contributed by atoms with Gasteiger partial charge in [-0.25, -0.2) is 0 Å². The molecule has 1 atom stereocenters. The predicted molar refractivity (Wildman–Crippen MR) is 74.5 cm³/mol. The average Bonchev–Trinajstić information content (AvgIpc) is 2.66. The lowest BCUT2D eigenvalue weighted by molar-refractivity contribution is 0.169. The largest absolute Gasteiger partial charge is 0.490 e. The van der Waals surface area contributed by atoms with Gasteiger partial charge in [-0.2, -0.15) is 0 Å². The van der Waals surface area contributed by atoms with Crippen LogP contribution in [0.5, 0.6) is 0 Å². The molecule has 0 saturated carbocycles. The molecule has 1 unspecified atom stereocenters. The van der Waals surface area contributed by atoms with E-state index in [-0.39, 0.29) is 0 Å². The maximum absolute atomic E-state index is 5.61. The Morgan fingerprint density at radius 3 is 1.94 bits per heavy atom. The van der Waals surface area contributed by atoms with Crippen molar-refractivity contribution in [1.29, 1.82) is 0 Å². The average molecular weight is 224 g/mol. The zero-order chi connectivity index (χ0) is 13.0. The second-order valence-electron chi connectivity index (χ2n) is 3.02. The SMILES string of the molecule is C/C=C\C1=C(/C=C\C)OC(C)C1.CC.CC. The van der Waals surface area contributed by atoms with Gasteiger partial charge in [0.25, 0.3) is 0 Å². The van der Waals surface area contributed by atoms with Crippen molar-refractivity contribution < 1.29 is 4.74 Å². The summed E-state index contributed by atoms with van der Waals surface area (Å²) < 4.78 is 5.61. The second kappa shape index (κ2) is 12.1. The number of hydrogen-bond acceptors (Lipinski definition) is 1. The molecule has 94 valence electrons. The van der Waals surface area contributed by atoms with Crippen LogP contribution < -0.4 is 0 Å². The third kappa shape index (κ3) is 6.49. The first-order chi connectivity index (χ1) is 7.77. The van der Waals surface area contributed by atoms with Gasteiger partial charge in [-0.05, 0) is 32.4 Å². The number of ether oxygens (including phenoxy) is 1. The summed E-state index contributed by atoms with van der Waals surface area (Å²) >= 11 is 0. The highest BCUT2D eigenvalue weighted by molar-refractivity contribution is 5.32. The molecule has 0 amide bonds. The molecule has 0 aromatic rings. The van der Waals surface area contributed by atoms with Gasteiger partial charge in [-0.3, -0.25) is 0 Å². The van der Waals surface area contributed by atoms with Gasteiger partial charge < -0.3 is 4.74 Å². The summed E-state index contributed by atoms with van der Waals surface area (Å²) in [5, 5.41) is 0. The van der Waals surface area contributed by atoms with E-state index in [0.29, 0.717) is 6.10 Å². The van der Waals surface area contributed by atoms with Crippen molar-refractivity contribution >= 4 is 0 Å². The van der Waals surface area contributed by atoms with Crippen LogP contribution in [0.4, 0.5) is 0 Å². The fourth-order valence-electron chi connectivity index (χ4n) is 1.39. The summed E-state index contributed by atoms with van der Waals surface area (Å²) in [6.45, 7) is 14.1. The minimum Gasteiger partial charge on any atom is -0.490 e. The van der Waals surface area contributed by atoms with Crippen LogP contribution in [-0.4, -0.2) is 6.10 Å². The van der Waals surface area contributed by atoms with Gasteiger partial charge in [0.05, 0.1) is 0 Å². The predicted octanol–water partition coefficient (Wildman–Crippen LogP) is 5.25. The first-order valence-electron chi connectivity index (χ1n) is 6.43. The molecule has 0 N–H and O–H groups in total. The van der Waals surface area contributed by atoms with Crippen molar-refractivity contribution in [2.75, 3.05) is 0 Å². The Labute approximate surface area is 102 Å². The molecule has 0 aromatic heterocycles. The molecule has 0 bridgehead atoms. The summed E-state index contributed by atoms with van der Waals surface area (Å²) in [6.07, 6.45) is 9.58. The molecule has 0 aromatic carbocycles. The molecule has 1 aliphatic rings. The quantitative estimate of drug-likeness (QED) is 0.622. The molecule has 0 spiro atoms. The first kappa shape index (κ1) is 17.4. The maximum atomic E-state index is 5.61. The molecular formula is C15H28O. The molecule has 1 nitrogen and oxygen atoms in total. The van der Waals surface area contributed by atoms with E-state index in [2.05, 4.69) is 19.1 Å². The molecule has 1 heterocycles. The lowest BCUT2D eigenvalue weighted by atomic mass is 10.1. The fraction of sp³-hybridized carbons (Fsp3) is 0.600. The maximum Gasteiger partial charge on any atom is 0.122 e. The van der Waals surface area contributed by atoms with Crippen molar-refractivity contribution in [1.82, 2.24) is 0 Å². The van der Waals surface area contributed by atoms with E-state index in [9.17, 15) is 0 Å². The smallest absolute Gasteiger partial charge is 0.122 e. The Hall–Kier alpha value is -0.980. The van der Waals surface area contributed by atoms with Crippen molar-refractivity contribution in [3.63, 3.8) is 0 Å². The van der Waals surface area contributed by atoms with Crippen molar-refractivity contribution in [2.45, 2.75) is 61.0 Å². The zero-order valence-electron chi connectivity index (χ0n) is 12.0. The zero-order valence-corrected chi connectivity index (χ0v) is 12.0. The molecule has 16 heavy (non-hydrogen) atoms. The summed E-state index contributed by atoms with van der Waals surface area (Å²) in [6, 6.07) is 0. The van der Waals surface area contributed by atoms with E-state index in [0.717, 1.165) is 12.2 Å². The van der Waals surface area contributed by atoms with Gasteiger partial charge in [-0.15, -0.1) is 0 Å². The van der Waals surface area contributed by atoms with E-state index in [1.54, 1.807) is 0 Å². The molecule has 0 radical (unpaired) electrons. The third-order valence-electron chi connectivity index (χ3n) is 1.84. The highest BCUT2D eigenvalue weighted by Crippen LogP contribution is 2.26. The highest BCUT2D eigenvalue weighted by atomic mass is 16.5. The number of hydrogen-bond donors (Lipinski definition) is 0. The topological polar surface area (TPSA) is 9.23 Å². The molecule has 0 saturated heterocycles. The summed E-state index contributed by atoms with van der Waals surface area (Å²) in [7, 11) is 0. The minimum absolute atomic E-state index is 0.336. The second-order valence-corrected chi connectivity index (χ2v) is 3.02. The molecule has 1 heteroatoms. The van der Waals surface area contributed by atoms with Crippen molar-refractivity contribution in [2.24, 2.45) is 0 Å². The number of allylic oxidation sites excluding steroid dienone is 4. The van der Waals surface area contributed by atoms with Gasteiger partial charge in [0.1, 0.15) is 11.9 Å². The molecule has 1 rings (SSSR count). The van der Waals surface area contributed by atoms with Gasteiger partial charge in [0.2, 0.25) is 0 Å². The molecule has 1 aliphatic heterocycles. The normalized spacial score (nSPS) is 19.1. The van der Waals surface area contributed by atoms with Crippen LogP contribution in [0.15, 0.2) is 35.6 Å². The lowest BCUT2D eigenvalue weighted by Crippen LogP contribution is -1.97. The highest BCUT2D eigenvalue weighted by Gasteiger charge is 2.17. The Morgan fingerprint density at radius 1 is 1.00 bits per heavy atom. The molecular weight excluding hydrogens is 196 g/mol. The minimum atomic E-state index is 0.336. The van der Waals surface area contributed by atoms with E-state index in [1.165, 1.54) is 5.57 Å². The van der Waals surface area contributed by atoms with E-state index < -0.39 is 0 Å². The Morgan fingerprint density at radius 2 is 1.50 bits per heavy atom. The van der Waals surface area contributed by atoms with E-state index >= 15 is 0 Å². The number of rotatable bonds is 2. The van der Waals surface area contributed by atoms with Crippen molar-refractivity contribution in [3.8, 4) is 0 Å². The van der Waals surface area contributed by atoms with Crippen LogP contribution in [0.1, 0.15) is 54.9 Å². The Balaban J connectivity index is 0. The summed E-state index contributed by atoms with van der Waals surface area (Å²) in [5.41, 5.74) is 1.31. The van der Waals surface area contributed by atoms with E-state index in [1.807, 2.05) is 53.7 Å². The van der Waals surface area contributed by atoms with Crippen LogP contribution in [0, 0.1) is 0 Å². The molecule has 0 aliphatic carbocycles. The fourth-order valence-corrected chi connectivity index (χ4v) is 1.39. The Bertz CT molecular complexity index is 210. The van der Waals surface area contributed by atoms with Crippen LogP contribution in [0.2, 0.25) is 0 Å².